The van der Waals surface area contributed by atoms with Crippen molar-refractivity contribution in [3.8, 4) is 0 Å². The summed E-state index contributed by atoms with van der Waals surface area (Å²) in [5, 5.41) is 2.39. The maximum Gasteiger partial charge on any atom is 0.272 e. The topological polar surface area (TPSA) is 34.0 Å². The average Bonchev–Trinajstić information content (AvgIpc) is 2.77. The second-order valence-electron chi connectivity index (χ2n) is 4.44. The molecule has 0 unspecified atom stereocenters. The van der Waals surface area contributed by atoms with E-state index in [1.165, 1.54) is 0 Å². The first-order chi connectivity index (χ1) is 9.92. The molecule has 1 heterocycles. The molecule has 0 bridgehead atoms. The van der Waals surface area contributed by atoms with Crippen LogP contribution in [0.2, 0.25) is 0 Å². The Morgan fingerprint density at radius 1 is 1.24 bits per heavy atom. The number of hydrogen-bond acceptors (Lipinski definition) is 1. The van der Waals surface area contributed by atoms with Crippen molar-refractivity contribution < 1.29 is 13.6 Å². The van der Waals surface area contributed by atoms with E-state index < -0.39 is 17.5 Å². The van der Waals surface area contributed by atoms with Crippen LogP contribution >= 0.6 is 31.9 Å². The molecule has 112 valence electrons. The molecule has 0 saturated carbocycles. The fraction of sp³-hybridized carbons (Fsp3) is 0.214. The Morgan fingerprint density at radius 3 is 2.62 bits per heavy atom. The summed E-state index contributed by atoms with van der Waals surface area (Å²) in [4.78, 5) is 12.2. The summed E-state index contributed by atoms with van der Waals surface area (Å²) < 4.78 is 29.7. The van der Waals surface area contributed by atoms with Gasteiger partial charge in [-0.1, -0.05) is 6.92 Å². The zero-order chi connectivity index (χ0) is 15.6. The number of benzene rings is 1. The minimum absolute atomic E-state index is 0.00935. The van der Waals surface area contributed by atoms with Crippen LogP contribution < -0.4 is 5.32 Å². The predicted molar refractivity (Wildman–Crippen MR) is 84.4 cm³/mol. The van der Waals surface area contributed by atoms with Gasteiger partial charge in [-0.2, -0.15) is 0 Å². The van der Waals surface area contributed by atoms with Crippen molar-refractivity contribution in [1.82, 2.24) is 4.57 Å². The third kappa shape index (κ3) is 3.71. The highest BCUT2D eigenvalue weighted by Gasteiger charge is 2.16. The molecule has 0 aliphatic rings. The second kappa shape index (κ2) is 6.70. The lowest BCUT2D eigenvalue weighted by molar-refractivity contribution is 0.101. The van der Waals surface area contributed by atoms with Crippen molar-refractivity contribution >= 4 is 43.5 Å². The number of rotatable bonds is 4. The molecule has 0 aliphatic carbocycles. The van der Waals surface area contributed by atoms with Gasteiger partial charge in [-0.05, 0) is 50.4 Å². The van der Waals surface area contributed by atoms with Crippen LogP contribution in [0, 0.1) is 11.6 Å². The van der Waals surface area contributed by atoms with Crippen molar-refractivity contribution in [3.05, 3.63) is 50.7 Å². The Bertz CT molecular complexity index is 686. The molecule has 1 N–H and O–H groups in total. The van der Waals surface area contributed by atoms with Gasteiger partial charge in [0.25, 0.3) is 5.91 Å². The van der Waals surface area contributed by atoms with Gasteiger partial charge in [-0.3, -0.25) is 4.79 Å². The Morgan fingerprint density at radius 2 is 1.95 bits per heavy atom. The molecule has 0 fully saturated rings. The van der Waals surface area contributed by atoms with Crippen LogP contribution in [0.4, 0.5) is 14.5 Å². The number of aryl methyl sites for hydroxylation is 1. The molecule has 21 heavy (non-hydrogen) atoms. The van der Waals surface area contributed by atoms with E-state index in [0.717, 1.165) is 23.0 Å². The molecule has 1 aromatic heterocycles. The van der Waals surface area contributed by atoms with Crippen molar-refractivity contribution in [2.45, 2.75) is 19.9 Å². The largest absolute Gasteiger partial charge is 0.342 e. The van der Waals surface area contributed by atoms with Gasteiger partial charge in [-0.15, -0.1) is 0 Å². The minimum Gasteiger partial charge on any atom is -0.342 e. The Kier molecular flexibility index (Phi) is 5.16. The van der Waals surface area contributed by atoms with Crippen molar-refractivity contribution in [2.75, 3.05) is 5.32 Å². The van der Waals surface area contributed by atoms with E-state index in [4.69, 9.17) is 0 Å². The summed E-state index contributed by atoms with van der Waals surface area (Å²) in [5.74, 6) is -1.84. The van der Waals surface area contributed by atoms with E-state index >= 15 is 0 Å². The molecule has 1 amide bonds. The van der Waals surface area contributed by atoms with Gasteiger partial charge in [0.1, 0.15) is 17.3 Å². The molecular formula is C14H12Br2F2N2O. The minimum atomic E-state index is -0.704. The number of carbonyl (C=O) groups is 1. The highest BCUT2D eigenvalue weighted by atomic mass is 79.9. The van der Waals surface area contributed by atoms with Gasteiger partial charge in [0.2, 0.25) is 0 Å². The number of halogens is 4. The maximum absolute atomic E-state index is 13.7. The zero-order valence-corrected chi connectivity index (χ0v) is 14.3. The van der Waals surface area contributed by atoms with Crippen LogP contribution in [0.15, 0.2) is 33.3 Å². The van der Waals surface area contributed by atoms with Crippen LogP contribution in [0.3, 0.4) is 0 Å². The average molecular weight is 422 g/mol. The highest BCUT2D eigenvalue weighted by molar-refractivity contribution is 9.10. The fourth-order valence-corrected chi connectivity index (χ4v) is 2.68. The summed E-state index contributed by atoms with van der Waals surface area (Å²) in [6.07, 6.45) is 2.62. The van der Waals surface area contributed by atoms with Gasteiger partial charge in [0, 0.05) is 23.3 Å². The molecule has 2 rings (SSSR count). The summed E-state index contributed by atoms with van der Waals surface area (Å²) in [7, 11) is 0. The van der Waals surface area contributed by atoms with Crippen LogP contribution in [-0.2, 0) is 6.54 Å². The van der Waals surface area contributed by atoms with E-state index in [9.17, 15) is 13.6 Å². The molecule has 0 aliphatic heterocycles. The summed E-state index contributed by atoms with van der Waals surface area (Å²) in [5.41, 5.74) is 0.188. The molecule has 7 heteroatoms. The number of nitrogens with one attached hydrogen (secondary N) is 1. The molecule has 0 saturated heterocycles. The summed E-state index contributed by atoms with van der Waals surface area (Å²) in [6, 6.07) is 3.56. The molecule has 0 atom stereocenters. The summed E-state index contributed by atoms with van der Waals surface area (Å²) in [6.45, 7) is 2.64. The molecule has 0 radical (unpaired) electrons. The SMILES string of the molecule is CCCn1cc(Br)cc1C(=O)Nc1cc(F)c(Br)cc1F. The Balaban J connectivity index is 2.28. The molecule has 2 aromatic rings. The smallest absolute Gasteiger partial charge is 0.272 e. The first-order valence-electron chi connectivity index (χ1n) is 6.24. The van der Waals surface area contributed by atoms with Crippen LogP contribution in [0.5, 0.6) is 0 Å². The third-order valence-electron chi connectivity index (χ3n) is 2.82. The van der Waals surface area contributed by atoms with Crippen molar-refractivity contribution in [3.63, 3.8) is 0 Å². The Hall–Kier alpha value is -1.21. The zero-order valence-electron chi connectivity index (χ0n) is 11.1. The lowest BCUT2D eigenvalue weighted by atomic mass is 10.2. The van der Waals surface area contributed by atoms with Crippen LogP contribution in [0.25, 0.3) is 0 Å². The molecule has 0 spiro atoms. The monoisotopic (exact) mass is 420 g/mol. The van der Waals surface area contributed by atoms with Gasteiger partial charge in [-0.25, -0.2) is 8.78 Å². The van der Waals surface area contributed by atoms with Crippen LogP contribution in [0.1, 0.15) is 23.8 Å². The number of amides is 1. The first kappa shape index (κ1) is 16.2. The normalized spacial score (nSPS) is 10.7. The Labute approximate surface area is 137 Å². The van der Waals surface area contributed by atoms with E-state index in [1.807, 2.05) is 6.92 Å². The molecular weight excluding hydrogens is 410 g/mol. The molecule has 1 aromatic carbocycles. The standard InChI is InChI=1S/C14H12Br2F2N2O/c1-2-3-20-7-8(15)4-13(20)14(21)19-12-6-10(17)9(16)5-11(12)18/h4-7H,2-3H2,1H3,(H,19,21). The number of hydrogen-bond donors (Lipinski definition) is 1. The predicted octanol–water partition coefficient (Wildman–Crippen LogP) is 4.95. The lowest BCUT2D eigenvalue weighted by Crippen LogP contribution is -2.17. The molecule has 3 nitrogen and oxygen atoms in total. The second-order valence-corrected chi connectivity index (χ2v) is 6.21. The van der Waals surface area contributed by atoms with Crippen molar-refractivity contribution in [2.24, 2.45) is 0 Å². The number of anilines is 1. The van der Waals surface area contributed by atoms with E-state index in [1.54, 1.807) is 16.8 Å². The first-order valence-corrected chi connectivity index (χ1v) is 7.82. The van der Waals surface area contributed by atoms with E-state index in [-0.39, 0.29) is 10.2 Å². The van der Waals surface area contributed by atoms with Crippen molar-refractivity contribution in [1.29, 1.82) is 0 Å². The van der Waals surface area contributed by atoms with Crippen LogP contribution in [-0.4, -0.2) is 10.5 Å². The highest BCUT2D eigenvalue weighted by Crippen LogP contribution is 2.24. The quantitative estimate of drug-likeness (QED) is 0.696. The number of aromatic nitrogens is 1. The van der Waals surface area contributed by atoms with Gasteiger partial charge < -0.3 is 9.88 Å². The number of nitrogens with zero attached hydrogens (tertiary/aromatic N) is 1. The van der Waals surface area contributed by atoms with Gasteiger partial charge in [0.05, 0.1) is 10.2 Å². The van der Waals surface area contributed by atoms with E-state index in [0.29, 0.717) is 12.2 Å². The maximum atomic E-state index is 13.7. The number of carbonyl (C=O) groups excluding carboxylic acids is 1. The lowest BCUT2D eigenvalue weighted by Gasteiger charge is -2.10. The summed E-state index contributed by atoms with van der Waals surface area (Å²) >= 11 is 6.19. The third-order valence-corrected chi connectivity index (χ3v) is 3.86. The van der Waals surface area contributed by atoms with E-state index in [2.05, 4.69) is 37.2 Å². The van der Waals surface area contributed by atoms with Gasteiger partial charge >= 0.3 is 0 Å². The van der Waals surface area contributed by atoms with Gasteiger partial charge in [0.15, 0.2) is 0 Å². The fourth-order valence-electron chi connectivity index (χ4n) is 1.90.